The fraction of sp³-hybridized carbons (Fsp3) is 0.700. The largest absolute Gasteiger partial charge is 0.214 e. The van der Waals surface area contributed by atoms with Crippen molar-refractivity contribution < 1.29 is 0 Å². The van der Waals surface area contributed by atoms with Gasteiger partial charge in [-0.2, -0.15) is 0 Å². The van der Waals surface area contributed by atoms with Crippen molar-refractivity contribution in [2.75, 3.05) is 12.5 Å². The molecule has 122 valence electrons. The molecule has 1 unspecified atom stereocenters. The molecule has 0 bridgehead atoms. The Balaban J connectivity index is 3.31. The van der Waals surface area contributed by atoms with Crippen molar-refractivity contribution >= 4 is 10.0 Å². The quantitative estimate of drug-likeness (QED) is 0.565. The lowest BCUT2D eigenvalue weighted by molar-refractivity contribution is 0.158. The summed E-state index contributed by atoms with van der Waals surface area (Å²) in [6, 6.07) is 11.2. The molecule has 0 aliphatic rings. The highest BCUT2D eigenvalue weighted by Gasteiger charge is 2.49. The van der Waals surface area contributed by atoms with Crippen LogP contribution in [0.25, 0.3) is 0 Å². The fourth-order valence-electron chi connectivity index (χ4n) is 4.06. The first-order chi connectivity index (χ1) is 9.37. The van der Waals surface area contributed by atoms with Crippen molar-refractivity contribution in [3.8, 4) is 0 Å². The second kappa shape index (κ2) is 5.99. The Morgan fingerprint density at radius 3 is 1.71 bits per heavy atom. The van der Waals surface area contributed by atoms with Crippen LogP contribution in [0.1, 0.15) is 61.3 Å². The third kappa shape index (κ3) is 3.67. The first kappa shape index (κ1) is 18.6. The highest BCUT2D eigenvalue weighted by molar-refractivity contribution is 8.33. The maximum atomic E-state index is 2.53. The van der Waals surface area contributed by atoms with Gasteiger partial charge in [-0.3, -0.25) is 0 Å². The second-order valence-electron chi connectivity index (χ2n) is 8.85. The maximum Gasteiger partial charge on any atom is 0.00559 e. The molecule has 0 nitrogen and oxygen atoms in total. The maximum absolute atomic E-state index is 2.53. The fourth-order valence-corrected chi connectivity index (χ4v) is 7.60. The Bertz CT molecular complexity index is 450. The Hall–Kier alpha value is -0.430. The molecule has 1 heteroatoms. The number of benzene rings is 1. The van der Waals surface area contributed by atoms with E-state index in [9.17, 15) is 0 Å². The van der Waals surface area contributed by atoms with Crippen LogP contribution in [0.15, 0.2) is 35.2 Å². The molecule has 1 aromatic carbocycles. The van der Waals surface area contributed by atoms with E-state index < -0.39 is 10.0 Å². The molecule has 0 spiro atoms. The molecule has 1 aromatic rings. The first-order valence-electron chi connectivity index (χ1n) is 8.15. The highest BCUT2D eigenvalue weighted by Crippen LogP contribution is 2.68. The van der Waals surface area contributed by atoms with Crippen molar-refractivity contribution in [3.63, 3.8) is 0 Å². The molecular formula is C20H36S. The third-order valence-electron chi connectivity index (χ3n) is 5.54. The van der Waals surface area contributed by atoms with Crippen molar-refractivity contribution in [1.29, 1.82) is 0 Å². The summed E-state index contributed by atoms with van der Waals surface area (Å²) < 4.78 is 0.328. The molecule has 0 aliphatic carbocycles. The third-order valence-corrected chi connectivity index (χ3v) is 10.1. The van der Waals surface area contributed by atoms with Crippen LogP contribution in [0.3, 0.4) is 0 Å². The van der Waals surface area contributed by atoms with Crippen LogP contribution in [0, 0.1) is 10.8 Å². The molecule has 21 heavy (non-hydrogen) atoms. The molecule has 0 aromatic heterocycles. The molecule has 0 amide bonds. The van der Waals surface area contributed by atoms with E-state index in [4.69, 9.17) is 0 Å². The second-order valence-corrected chi connectivity index (χ2v) is 12.9. The lowest BCUT2D eigenvalue weighted by Gasteiger charge is -2.59. The van der Waals surface area contributed by atoms with Crippen LogP contribution in [0.4, 0.5) is 0 Å². The van der Waals surface area contributed by atoms with Gasteiger partial charge in [0, 0.05) is 4.75 Å². The van der Waals surface area contributed by atoms with Gasteiger partial charge >= 0.3 is 0 Å². The Labute approximate surface area is 135 Å². The summed E-state index contributed by atoms with van der Waals surface area (Å²) in [6.45, 7) is 17.0. The highest BCUT2D eigenvalue weighted by atomic mass is 32.3. The van der Waals surface area contributed by atoms with E-state index in [0.29, 0.717) is 15.6 Å². The predicted molar refractivity (Wildman–Crippen MR) is 101 cm³/mol. The topological polar surface area (TPSA) is 0 Å². The van der Waals surface area contributed by atoms with Gasteiger partial charge in [-0.05, 0) is 41.1 Å². The smallest absolute Gasteiger partial charge is 0.00559 e. The summed E-state index contributed by atoms with van der Waals surface area (Å²) in [5.41, 5.74) is 0.681. The average molecular weight is 309 g/mol. The molecule has 1 atom stereocenters. The monoisotopic (exact) mass is 308 g/mol. The van der Waals surface area contributed by atoms with Crippen LogP contribution in [0.2, 0.25) is 0 Å². The summed E-state index contributed by atoms with van der Waals surface area (Å²) >= 11 is 0. The zero-order valence-corrected chi connectivity index (χ0v) is 16.5. The Morgan fingerprint density at radius 1 is 0.857 bits per heavy atom. The van der Waals surface area contributed by atoms with Crippen LogP contribution in [0.5, 0.6) is 0 Å². The van der Waals surface area contributed by atoms with Gasteiger partial charge in [0.2, 0.25) is 0 Å². The van der Waals surface area contributed by atoms with Crippen molar-refractivity contribution in [3.05, 3.63) is 30.3 Å². The molecule has 0 heterocycles. The predicted octanol–water partition coefficient (Wildman–Crippen LogP) is 6.74. The molecule has 0 N–H and O–H groups in total. The van der Waals surface area contributed by atoms with Gasteiger partial charge in [-0.25, -0.2) is 10.0 Å². The summed E-state index contributed by atoms with van der Waals surface area (Å²) in [7, 11) is -0.881. The number of hydrogen-bond donors (Lipinski definition) is 0. The van der Waals surface area contributed by atoms with Crippen molar-refractivity contribution in [2.24, 2.45) is 10.8 Å². The van der Waals surface area contributed by atoms with Crippen molar-refractivity contribution in [2.45, 2.75) is 71.0 Å². The van der Waals surface area contributed by atoms with E-state index in [0.717, 1.165) is 0 Å². The summed E-state index contributed by atoms with van der Waals surface area (Å²) in [6.07, 6.45) is 7.51. The van der Waals surface area contributed by atoms with Crippen LogP contribution in [-0.4, -0.2) is 17.3 Å². The van der Waals surface area contributed by atoms with E-state index in [-0.39, 0.29) is 0 Å². The van der Waals surface area contributed by atoms with Crippen molar-refractivity contribution in [1.82, 2.24) is 0 Å². The SMILES string of the molecule is CCC(C)(C(C)(C)CC(C)(C)C)S(C)(C)c1ccccc1. The van der Waals surface area contributed by atoms with E-state index >= 15 is 0 Å². The molecule has 0 radical (unpaired) electrons. The lowest BCUT2D eigenvalue weighted by atomic mass is 9.68. The van der Waals surface area contributed by atoms with E-state index in [1.54, 1.807) is 0 Å². The van der Waals surface area contributed by atoms with Gasteiger partial charge in [0.05, 0.1) is 0 Å². The van der Waals surface area contributed by atoms with Gasteiger partial charge in [0.25, 0.3) is 0 Å². The number of hydrogen-bond acceptors (Lipinski definition) is 0. The van der Waals surface area contributed by atoms with E-state index in [1.165, 1.54) is 17.7 Å². The van der Waals surface area contributed by atoms with Gasteiger partial charge in [0.1, 0.15) is 0 Å². The first-order valence-corrected chi connectivity index (χ1v) is 10.6. The lowest BCUT2D eigenvalue weighted by Crippen LogP contribution is -2.47. The van der Waals surface area contributed by atoms with Gasteiger partial charge in [-0.1, -0.05) is 78.8 Å². The molecule has 1 rings (SSSR count). The minimum Gasteiger partial charge on any atom is -0.214 e. The zero-order chi connectivity index (χ0) is 16.5. The summed E-state index contributed by atoms with van der Waals surface area (Å²) in [5, 5.41) is 0. The summed E-state index contributed by atoms with van der Waals surface area (Å²) in [4.78, 5) is 1.54. The molecular weight excluding hydrogens is 272 g/mol. The van der Waals surface area contributed by atoms with E-state index in [1.807, 2.05) is 0 Å². The average Bonchev–Trinajstić information content (AvgIpc) is 2.35. The van der Waals surface area contributed by atoms with Crippen LogP contribution < -0.4 is 0 Å². The molecule has 0 saturated heterocycles. The summed E-state index contributed by atoms with van der Waals surface area (Å²) in [5.74, 6) is 0. The van der Waals surface area contributed by atoms with Gasteiger partial charge < -0.3 is 0 Å². The molecule has 0 fully saturated rings. The minimum absolute atomic E-state index is 0.314. The zero-order valence-electron chi connectivity index (χ0n) is 15.7. The molecule has 0 aliphatic heterocycles. The van der Waals surface area contributed by atoms with E-state index in [2.05, 4.69) is 91.3 Å². The Kier molecular flexibility index (Phi) is 5.31. The minimum atomic E-state index is -0.881. The molecule has 0 saturated carbocycles. The van der Waals surface area contributed by atoms with Gasteiger partial charge in [0.15, 0.2) is 0 Å². The Morgan fingerprint density at radius 2 is 1.33 bits per heavy atom. The van der Waals surface area contributed by atoms with Crippen LogP contribution >= 0.6 is 10.0 Å². The normalized spacial score (nSPS) is 17.4. The number of rotatable bonds is 5. The van der Waals surface area contributed by atoms with Crippen LogP contribution in [-0.2, 0) is 0 Å². The standard InChI is InChI=1S/C20H36S/c1-10-20(7,19(5,6)16-18(2,3)4)21(8,9)17-14-12-11-13-15-17/h11-15H,10,16H2,1-9H3. The van der Waals surface area contributed by atoms with Gasteiger partial charge in [-0.15, -0.1) is 0 Å².